The van der Waals surface area contributed by atoms with Gasteiger partial charge in [0.25, 0.3) is 0 Å². The maximum Gasteiger partial charge on any atom is 0.244 e. The maximum atomic E-state index is 12.2. The molecule has 142 valence electrons. The van der Waals surface area contributed by atoms with Crippen LogP contribution in [0.1, 0.15) is 73.1 Å². The standard InChI is InChI=1S/C22H38N2O/c1-6-24-15-9-14-21(17-24)23-22(25)16-20(5)13-8-12-19(4)11-7-10-18(2)3/h10,12,16,21H,6-9,11,13-15,17H2,1-5H3,(H,23,25)/b19-12+,20-16+. The van der Waals surface area contributed by atoms with Gasteiger partial charge in [-0.15, -0.1) is 0 Å². The summed E-state index contributed by atoms with van der Waals surface area (Å²) in [6.45, 7) is 14.0. The zero-order valence-corrected chi connectivity index (χ0v) is 17.0. The lowest BCUT2D eigenvalue weighted by Crippen LogP contribution is -2.47. The minimum absolute atomic E-state index is 0.0738. The van der Waals surface area contributed by atoms with E-state index in [2.05, 4.69) is 57.0 Å². The molecule has 1 fully saturated rings. The van der Waals surface area contributed by atoms with Gasteiger partial charge in [0.15, 0.2) is 0 Å². The summed E-state index contributed by atoms with van der Waals surface area (Å²) in [7, 11) is 0. The SMILES string of the molecule is CCN1CCCC(NC(=O)/C=C(\C)CC/C=C(\C)CCC=C(C)C)C1. The van der Waals surface area contributed by atoms with Crippen LogP contribution in [0.15, 0.2) is 34.9 Å². The van der Waals surface area contributed by atoms with Crippen molar-refractivity contribution in [3.8, 4) is 0 Å². The number of rotatable bonds is 9. The van der Waals surface area contributed by atoms with Crippen molar-refractivity contribution in [2.75, 3.05) is 19.6 Å². The number of likely N-dealkylation sites (tertiary alicyclic amines) is 1. The van der Waals surface area contributed by atoms with Crippen LogP contribution in [-0.2, 0) is 4.79 Å². The summed E-state index contributed by atoms with van der Waals surface area (Å²) < 4.78 is 0. The maximum absolute atomic E-state index is 12.2. The lowest BCUT2D eigenvalue weighted by molar-refractivity contribution is -0.117. The number of hydrogen-bond acceptors (Lipinski definition) is 2. The van der Waals surface area contributed by atoms with Crippen molar-refractivity contribution in [2.45, 2.75) is 79.2 Å². The van der Waals surface area contributed by atoms with Crippen molar-refractivity contribution in [3.05, 3.63) is 34.9 Å². The first-order chi connectivity index (χ1) is 11.9. The van der Waals surface area contributed by atoms with E-state index in [-0.39, 0.29) is 5.91 Å². The highest BCUT2D eigenvalue weighted by atomic mass is 16.1. The predicted molar refractivity (Wildman–Crippen MR) is 109 cm³/mol. The molecule has 0 radical (unpaired) electrons. The molecule has 0 aromatic heterocycles. The van der Waals surface area contributed by atoms with E-state index in [0.29, 0.717) is 6.04 Å². The first kappa shape index (κ1) is 21.7. The van der Waals surface area contributed by atoms with Gasteiger partial charge in [-0.25, -0.2) is 0 Å². The van der Waals surface area contributed by atoms with E-state index in [9.17, 15) is 4.79 Å². The van der Waals surface area contributed by atoms with Crippen molar-refractivity contribution in [1.82, 2.24) is 10.2 Å². The smallest absolute Gasteiger partial charge is 0.244 e. The van der Waals surface area contributed by atoms with E-state index in [1.54, 1.807) is 6.08 Å². The van der Waals surface area contributed by atoms with E-state index in [1.165, 1.54) is 17.6 Å². The van der Waals surface area contributed by atoms with Crippen molar-refractivity contribution in [3.63, 3.8) is 0 Å². The van der Waals surface area contributed by atoms with Crippen molar-refractivity contribution < 1.29 is 4.79 Å². The van der Waals surface area contributed by atoms with Crippen LogP contribution in [-0.4, -0.2) is 36.5 Å². The average Bonchev–Trinajstić information content (AvgIpc) is 2.54. The first-order valence-electron chi connectivity index (χ1n) is 9.89. The van der Waals surface area contributed by atoms with Crippen LogP contribution in [0.2, 0.25) is 0 Å². The van der Waals surface area contributed by atoms with E-state index in [0.717, 1.165) is 57.3 Å². The molecule has 0 aromatic rings. The molecule has 1 rings (SSSR count). The van der Waals surface area contributed by atoms with Gasteiger partial charge in [-0.2, -0.15) is 0 Å². The first-order valence-corrected chi connectivity index (χ1v) is 9.89. The zero-order chi connectivity index (χ0) is 18.7. The van der Waals surface area contributed by atoms with Crippen molar-refractivity contribution in [1.29, 1.82) is 0 Å². The lowest BCUT2D eigenvalue weighted by Gasteiger charge is -2.32. The second-order valence-electron chi connectivity index (χ2n) is 7.64. The molecule has 3 heteroatoms. The van der Waals surface area contributed by atoms with Crippen molar-refractivity contribution in [2.24, 2.45) is 0 Å². The highest BCUT2D eigenvalue weighted by Gasteiger charge is 2.19. The van der Waals surface area contributed by atoms with Gasteiger partial charge in [-0.3, -0.25) is 4.79 Å². The predicted octanol–water partition coefficient (Wildman–Crippen LogP) is 5.01. The Bertz CT molecular complexity index is 498. The zero-order valence-electron chi connectivity index (χ0n) is 17.0. The van der Waals surface area contributed by atoms with Crippen LogP contribution in [0.4, 0.5) is 0 Å². The van der Waals surface area contributed by atoms with Crippen LogP contribution < -0.4 is 5.32 Å². The van der Waals surface area contributed by atoms with Gasteiger partial charge in [0.2, 0.25) is 5.91 Å². The summed E-state index contributed by atoms with van der Waals surface area (Å²) in [5.41, 5.74) is 3.99. The van der Waals surface area contributed by atoms with Crippen LogP contribution in [0.25, 0.3) is 0 Å². The average molecular weight is 347 g/mol. The van der Waals surface area contributed by atoms with Crippen molar-refractivity contribution >= 4 is 5.91 Å². The highest BCUT2D eigenvalue weighted by Crippen LogP contribution is 2.12. The Morgan fingerprint density at radius 2 is 1.76 bits per heavy atom. The fraction of sp³-hybridized carbons (Fsp3) is 0.682. The largest absolute Gasteiger partial charge is 0.349 e. The number of nitrogens with zero attached hydrogens (tertiary/aromatic N) is 1. The topological polar surface area (TPSA) is 32.3 Å². The molecular weight excluding hydrogens is 308 g/mol. The van der Waals surface area contributed by atoms with Crippen LogP contribution in [0, 0.1) is 0 Å². The van der Waals surface area contributed by atoms with Crippen LogP contribution >= 0.6 is 0 Å². The molecule has 0 bridgehead atoms. The van der Waals surface area contributed by atoms with Gasteiger partial charge < -0.3 is 10.2 Å². The molecule has 1 saturated heterocycles. The monoisotopic (exact) mass is 346 g/mol. The Labute approximate surface area is 155 Å². The molecule has 1 heterocycles. The second kappa shape index (κ2) is 12.1. The number of hydrogen-bond donors (Lipinski definition) is 1. The minimum atomic E-state index is 0.0738. The minimum Gasteiger partial charge on any atom is -0.349 e. The van der Waals surface area contributed by atoms with Gasteiger partial charge in [0.1, 0.15) is 0 Å². The molecule has 0 spiro atoms. The summed E-state index contributed by atoms with van der Waals surface area (Å²) >= 11 is 0. The molecule has 1 N–H and O–H groups in total. The van der Waals surface area contributed by atoms with Gasteiger partial charge in [-0.05, 0) is 79.3 Å². The molecule has 0 aromatic carbocycles. The van der Waals surface area contributed by atoms with Gasteiger partial charge in [0, 0.05) is 18.7 Å². The third kappa shape index (κ3) is 10.3. The fourth-order valence-corrected chi connectivity index (χ4v) is 3.24. The normalized spacial score (nSPS) is 19.6. The summed E-state index contributed by atoms with van der Waals surface area (Å²) in [5, 5.41) is 3.17. The Hall–Kier alpha value is -1.35. The number of carbonyl (C=O) groups excluding carboxylic acids is 1. The molecule has 1 atom stereocenters. The van der Waals surface area contributed by atoms with Gasteiger partial charge in [-0.1, -0.05) is 35.8 Å². The molecule has 0 saturated carbocycles. The fourth-order valence-electron chi connectivity index (χ4n) is 3.24. The quantitative estimate of drug-likeness (QED) is 0.470. The molecule has 3 nitrogen and oxygen atoms in total. The summed E-state index contributed by atoms with van der Waals surface area (Å²) in [4.78, 5) is 14.6. The Morgan fingerprint density at radius 3 is 2.44 bits per heavy atom. The number of amides is 1. The number of nitrogens with one attached hydrogen (secondary N) is 1. The molecule has 1 unspecified atom stereocenters. The molecule has 0 aliphatic carbocycles. The summed E-state index contributed by atoms with van der Waals surface area (Å²) in [6, 6.07) is 0.308. The van der Waals surface area contributed by atoms with E-state index in [4.69, 9.17) is 0 Å². The number of allylic oxidation sites excluding steroid dienone is 5. The highest BCUT2D eigenvalue weighted by molar-refractivity contribution is 5.88. The van der Waals surface area contributed by atoms with Gasteiger partial charge >= 0.3 is 0 Å². The molecule has 1 amide bonds. The Morgan fingerprint density at radius 1 is 1.08 bits per heavy atom. The van der Waals surface area contributed by atoms with Gasteiger partial charge in [0.05, 0.1) is 0 Å². The van der Waals surface area contributed by atoms with Crippen LogP contribution in [0.3, 0.4) is 0 Å². The molecule has 1 aliphatic heterocycles. The van der Waals surface area contributed by atoms with E-state index in [1.807, 2.05) is 0 Å². The number of carbonyl (C=O) groups is 1. The second-order valence-corrected chi connectivity index (χ2v) is 7.64. The Balaban J connectivity index is 2.32. The summed E-state index contributed by atoms with van der Waals surface area (Å²) in [5.74, 6) is 0.0738. The molecule has 1 aliphatic rings. The lowest BCUT2D eigenvalue weighted by atomic mass is 10.0. The van der Waals surface area contributed by atoms with Crippen LogP contribution in [0.5, 0.6) is 0 Å². The third-order valence-electron chi connectivity index (χ3n) is 4.80. The van der Waals surface area contributed by atoms with E-state index >= 15 is 0 Å². The molecule has 25 heavy (non-hydrogen) atoms. The van der Waals surface area contributed by atoms with E-state index < -0.39 is 0 Å². The third-order valence-corrected chi connectivity index (χ3v) is 4.80. The number of likely N-dealkylation sites (N-methyl/N-ethyl adjacent to an activating group) is 1. The Kier molecular flexibility index (Phi) is 10.5. The summed E-state index contributed by atoms with van der Waals surface area (Å²) in [6.07, 6.45) is 12.9. The number of piperidine rings is 1. The molecular formula is C22H38N2O.